The second-order valence-corrected chi connectivity index (χ2v) is 6.63. The van der Waals surface area contributed by atoms with E-state index < -0.39 is 0 Å². The van der Waals surface area contributed by atoms with Crippen LogP contribution in [0.5, 0.6) is 0 Å². The van der Waals surface area contributed by atoms with Crippen molar-refractivity contribution >= 4 is 0 Å². The molecule has 0 radical (unpaired) electrons. The van der Waals surface area contributed by atoms with E-state index in [0.29, 0.717) is 6.61 Å². The molecule has 0 spiro atoms. The quantitative estimate of drug-likeness (QED) is 0.529. The molecule has 0 aromatic carbocycles. The first-order valence-corrected chi connectivity index (χ1v) is 9.20. The van der Waals surface area contributed by atoms with E-state index in [1.54, 1.807) is 0 Å². The van der Waals surface area contributed by atoms with Crippen molar-refractivity contribution < 1.29 is 5.11 Å². The van der Waals surface area contributed by atoms with Gasteiger partial charge >= 0.3 is 0 Å². The van der Waals surface area contributed by atoms with Gasteiger partial charge in [-0.15, -0.1) is 0 Å². The number of nitrogens with zero attached hydrogens (tertiary/aromatic N) is 1. The van der Waals surface area contributed by atoms with Crippen LogP contribution < -0.4 is 0 Å². The number of aliphatic hydroxyl groups is 1. The number of likely N-dealkylation sites (tertiary alicyclic amines) is 1. The van der Waals surface area contributed by atoms with Gasteiger partial charge in [-0.05, 0) is 51.2 Å². The standard InChI is InChI=1S/C18H37NO/c1-2-3-4-8-11-18-12-15-19(16-13-18)14-9-6-5-7-10-17-20/h18,20H,2-17H2,1H3. The third-order valence-corrected chi connectivity index (χ3v) is 4.81. The number of hydrogen-bond donors (Lipinski definition) is 1. The third kappa shape index (κ3) is 8.97. The summed E-state index contributed by atoms with van der Waals surface area (Å²) in [5, 5.41) is 8.73. The van der Waals surface area contributed by atoms with Gasteiger partial charge < -0.3 is 10.0 Å². The highest BCUT2D eigenvalue weighted by Gasteiger charge is 2.18. The third-order valence-electron chi connectivity index (χ3n) is 4.81. The topological polar surface area (TPSA) is 23.5 Å². The summed E-state index contributed by atoms with van der Waals surface area (Å²) in [5.41, 5.74) is 0. The monoisotopic (exact) mass is 283 g/mol. The summed E-state index contributed by atoms with van der Waals surface area (Å²) < 4.78 is 0. The molecule has 0 atom stereocenters. The van der Waals surface area contributed by atoms with Crippen molar-refractivity contribution in [1.82, 2.24) is 4.90 Å². The lowest BCUT2D eigenvalue weighted by molar-refractivity contribution is 0.174. The highest BCUT2D eigenvalue weighted by molar-refractivity contribution is 4.72. The van der Waals surface area contributed by atoms with Gasteiger partial charge in [0.05, 0.1) is 0 Å². The molecule has 1 fully saturated rings. The average molecular weight is 284 g/mol. The molecule has 1 aliphatic rings. The number of rotatable bonds is 12. The fourth-order valence-corrected chi connectivity index (χ4v) is 3.34. The molecule has 0 aromatic rings. The van der Waals surface area contributed by atoms with Crippen molar-refractivity contribution in [3.63, 3.8) is 0 Å². The zero-order valence-electron chi connectivity index (χ0n) is 13.8. The maximum atomic E-state index is 8.73. The molecule has 1 heterocycles. The van der Waals surface area contributed by atoms with Gasteiger partial charge in [0.2, 0.25) is 0 Å². The number of unbranched alkanes of at least 4 members (excludes halogenated alkanes) is 7. The Kier molecular flexibility index (Phi) is 11.4. The van der Waals surface area contributed by atoms with Crippen LogP contribution in [0.1, 0.15) is 84.0 Å². The lowest BCUT2D eigenvalue weighted by Crippen LogP contribution is -2.34. The van der Waals surface area contributed by atoms with E-state index in [-0.39, 0.29) is 0 Å². The molecule has 120 valence electrons. The van der Waals surface area contributed by atoms with Gasteiger partial charge in [-0.25, -0.2) is 0 Å². The minimum absolute atomic E-state index is 0.367. The van der Waals surface area contributed by atoms with Gasteiger partial charge in [0, 0.05) is 6.61 Å². The first-order chi connectivity index (χ1) is 9.86. The van der Waals surface area contributed by atoms with Crippen LogP contribution in [0, 0.1) is 5.92 Å². The molecule has 0 aromatic heterocycles. The van der Waals surface area contributed by atoms with Gasteiger partial charge in [-0.2, -0.15) is 0 Å². The van der Waals surface area contributed by atoms with E-state index in [1.807, 2.05) is 0 Å². The smallest absolute Gasteiger partial charge is 0.0431 e. The van der Waals surface area contributed by atoms with Crippen molar-refractivity contribution in [2.45, 2.75) is 84.0 Å². The molecular formula is C18H37NO. The first-order valence-electron chi connectivity index (χ1n) is 9.20. The van der Waals surface area contributed by atoms with Gasteiger partial charge in [0.1, 0.15) is 0 Å². The molecule has 0 bridgehead atoms. The maximum Gasteiger partial charge on any atom is 0.0431 e. The van der Waals surface area contributed by atoms with Crippen LogP contribution in [-0.4, -0.2) is 36.2 Å². The highest BCUT2D eigenvalue weighted by atomic mass is 16.2. The van der Waals surface area contributed by atoms with E-state index in [4.69, 9.17) is 5.11 Å². The summed E-state index contributed by atoms with van der Waals surface area (Å²) in [6.45, 7) is 6.65. The van der Waals surface area contributed by atoms with Crippen molar-refractivity contribution in [1.29, 1.82) is 0 Å². The van der Waals surface area contributed by atoms with Crippen LogP contribution in [0.25, 0.3) is 0 Å². The summed E-state index contributed by atoms with van der Waals surface area (Å²) in [5.74, 6) is 1.02. The second kappa shape index (κ2) is 12.6. The highest BCUT2D eigenvalue weighted by Crippen LogP contribution is 2.23. The van der Waals surface area contributed by atoms with E-state index in [9.17, 15) is 0 Å². The molecule has 2 heteroatoms. The molecule has 2 nitrogen and oxygen atoms in total. The van der Waals surface area contributed by atoms with Gasteiger partial charge in [-0.1, -0.05) is 58.3 Å². The molecular weight excluding hydrogens is 246 g/mol. The Morgan fingerprint density at radius 2 is 1.50 bits per heavy atom. The van der Waals surface area contributed by atoms with Crippen LogP contribution in [-0.2, 0) is 0 Å². The Labute approximate surface area is 126 Å². The molecule has 1 aliphatic heterocycles. The lowest BCUT2D eigenvalue weighted by Gasteiger charge is -2.32. The zero-order chi connectivity index (χ0) is 14.5. The summed E-state index contributed by atoms with van der Waals surface area (Å²) in [4.78, 5) is 2.68. The van der Waals surface area contributed by atoms with Gasteiger partial charge in [0.15, 0.2) is 0 Å². The Morgan fingerprint density at radius 1 is 0.850 bits per heavy atom. The predicted octanol–water partition coefficient (Wildman–Crippen LogP) is 4.61. The number of hydrogen-bond acceptors (Lipinski definition) is 2. The molecule has 20 heavy (non-hydrogen) atoms. The van der Waals surface area contributed by atoms with E-state index in [2.05, 4.69) is 11.8 Å². The SMILES string of the molecule is CCCCCCC1CCN(CCCCCCCO)CC1. The molecule has 0 amide bonds. The van der Waals surface area contributed by atoms with Crippen molar-refractivity contribution in [3.8, 4) is 0 Å². The Bertz CT molecular complexity index is 200. The maximum absolute atomic E-state index is 8.73. The molecule has 1 saturated heterocycles. The predicted molar refractivity (Wildman–Crippen MR) is 88.1 cm³/mol. The lowest BCUT2D eigenvalue weighted by atomic mass is 9.91. The summed E-state index contributed by atoms with van der Waals surface area (Å²) in [6.07, 6.45) is 16.2. The fraction of sp³-hybridized carbons (Fsp3) is 1.00. The Balaban J connectivity index is 1.91. The largest absolute Gasteiger partial charge is 0.396 e. The van der Waals surface area contributed by atoms with Crippen LogP contribution in [0.15, 0.2) is 0 Å². The van der Waals surface area contributed by atoms with Crippen molar-refractivity contribution in [3.05, 3.63) is 0 Å². The van der Waals surface area contributed by atoms with E-state index >= 15 is 0 Å². The fourth-order valence-electron chi connectivity index (χ4n) is 3.34. The van der Waals surface area contributed by atoms with Crippen LogP contribution >= 0.6 is 0 Å². The van der Waals surface area contributed by atoms with Crippen LogP contribution in [0.4, 0.5) is 0 Å². The molecule has 0 aliphatic carbocycles. The van der Waals surface area contributed by atoms with Crippen molar-refractivity contribution in [2.75, 3.05) is 26.2 Å². The Morgan fingerprint density at radius 3 is 2.20 bits per heavy atom. The zero-order valence-corrected chi connectivity index (χ0v) is 13.8. The van der Waals surface area contributed by atoms with Gasteiger partial charge in [-0.3, -0.25) is 0 Å². The Hall–Kier alpha value is -0.0800. The molecule has 1 N–H and O–H groups in total. The van der Waals surface area contributed by atoms with Crippen molar-refractivity contribution in [2.24, 2.45) is 5.92 Å². The molecule has 1 rings (SSSR count). The second-order valence-electron chi connectivity index (χ2n) is 6.63. The molecule has 0 saturated carbocycles. The average Bonchev–Trinajstić information content (AvgIpc) is 2.49. The number of aliphatic hydroxyl groups excluding tert-OH is 1. The van der Waals surface area contributed by atoms with Crippen LogP contribution in [0.3, 0.4) is 0 Å². The van der Waals surface area contributed by atoms with E-state index in [0.717, 1.165) is 12.3 Å². The summed E-state index contributed by atoms with van der Waals surface area (Å²) >= 11 is 0. The molecule has 0 unspecified atom stereocenters. The summed E-state index contributed by atoms with van der Waals surface area (Å²) in [7, 11) is 0. The van der Waals surface area contributed by atoms with Gasteiger partial charge in [0.25, 0.3) is 0 Å². The normalized spacial score (nSPS) is 17.7. The first kappa shape index (κ1) is 18.0. The summed E-state index contributed by atoms with van der Waals surface area (Å²) in [6, 6.07) is 0. The number of piperidine rings is 1. The van der Waals surface area contributed by atoms with Crippen LogP contribution in [0.2, 0.25) is 0 Å². The minimum atomic E-state index is 0.367. The minimum Gasteiger partial charge on any atom is -0.396 e. The van der Waals surface area contributed by atoms with E-state index in [1.165, 1.54) is 90.3 Å².